The van der Waals surface area contributed by atoms with Crippen molar-refractivity contribution in [1.82, 2.24) is 9.55 Å². The largest absolute Gasteiger partial charge is 0.481 e. The molecule has 0 aromatic carbocycles. The number of carboxylic acid groups (broad SMARTS) is 1. The van der Waals surface area contributed by atoms with E-state index in [0.29, 0.717) is 6.04 Å². The molecule has 0 saturated heterocycles. The van der Waals surface area contributed by atoms with Gasteiger partial charge in [-0.2, -0.15) is 0 Å². The van der Waals surface area contributed by atoms with Crippen molar-refractivity contribution in [2.75, 3.05) is 5.75 Å². The van der Waals surface area contributed by atoms with Crippen LogP contribution in [0.15, 0.2) is 11.4 Å². The first-order chi connectivity index (χ1) is 6.50. The molecular weight excluding hydrogens is 200 g/mol. The van der Waals surface area contributed by atoms with Crippen LogP contribution >= 0.6 is 11.8 Å². The summed E-state index contributed by atoms with van der Waals surface area (Å²) in [6.07, 6.45) is 1.94. The second-order valence-electron chi connectivity index (χ2n) is 3.35. The third kappa shape index (κ3) is 2.77. The molecule has 0 bridgehead atoms. The Kier molecular flexibility index (Phi) is 3.57. The molecule has 0 fully saturated rings. The third-order valence-electron chi connectivity index (χ3n) is 1.70. The van der Waals surface area contributed by atoms with E-state index >= 15 is 0 Å². The Labute approximate surface area is 87.3 Å². The highest BCUT2D eigenvalue weighted by molar-refractivity contribution is 7.99. The maximum absolute atomic E-state index is 10.4. The van der Waals surface area contributed by atoms with Crippen molar-refractivity contribution in [2.24, 2.45) is 0 Å². The number of hydrogen-bond donors (Lipinski definition) is 1. The molecule has 0 amide bonds. The minimum atomic E-state index is -0.814. The number of rotatable bonds is 4. The molecule has 0 aliphatic carbocycles. The van der Waals surface area contributed by atoms with Crippen molar-refractivity contribution < 1.29 is 9.90 Å². The summed E-state index contributed by atoms with van der Waals surface area (Å²) >= 11 is 1.26. The predicted octanol–water partition coefficient (Wildman–Crippen LogP) is 1.95. The fourth-order valence-electron chi connectivity index (χ4n) is 1.10. The van der Waals surface area contributed by atoms with Gasteiger partial charge < -0.3 is 9.67 Å². The summed E-state index contributed by atoms with van der Waals surface area (Å²) < 4.78 is 1.99. The summed E-state index contributed by atoms with van der Waals surface area (Å²) in [6.45, 7) is 6.00. The van der Waals surface area contributed by atoms with Gasteiger partial charge in [-0.05, 0) is 20.8 Å². The maximum Gasteiger partial charge on any atom is 0.313 e. The zero-order chi connectivity index (χ0) is 10.7. The Morgan fingerprint density at radius 3 is 2.86 bits per heavy atom. The maximum atomic E-state index is 10.4. The van der Waals surface area contributed by atoms with Gasteiger partial charge in [0.05, 0.1) is 11.4 Å². The van der Waals surface area contributed by atoms with Crippen LogP contribution in [0.5, 0.6) is 0 Å². The van der Waals surface area contributed by atoms with Crippen LogP contribution < -0.4 is 0 Å². The van der Waals surface area contributed by atoms with Gasteiger partial charge in [-0.15, -0.1) is 0 Å². The van der Waals surface area contributed by atoms with Crippen LogP contribution in [0, 0.1) is 6.92 Å². The van der Waals surface area contributed by atoms with E-state index in [1.54, 1.807) is 0 Å². The number of nitrogens with zero attached hydrogens (tertiary/aromatic N) is 2. The monoisotopic (exact) mass is 214 g/mol. The Morgan fingerprint density at radius 1 is 1.71 bits per heavy atom. The lowest BCUT2D eigenvalue weighted by Gasteiger charge is -2.09. The lowest BCUT2D eigenvalue weighted by molar-refractivity contribution is -0.133. The van der Waals surface area contributed by atoms with Crippen LogP contribution in [-0.4, -0.2) is 26.4 Å². The summed E-state index contributed by atoms with van der Waals surface area (Å²) in [6, 6.07) is 0.312. The SMILES string of the molecule is Cc1cn(C(C)C)c(SCC(=O)O)n1. The molecular formula is C9H14N2O2S. The molecule has 78 valence electrons. The van der Waals surface area contributed by atoms with Crippen molar-refractivity contribution in [3.8, 4) is 0 Å². The molecule has 1 N–H and O–H groups in total. The Morgan fingerprint density at radius 2 is 2.36 bits per heavy atom. The van der Waals surface area contributed by atoms with Crippen molar-refractivity contribution >= 4 is 17.7 Å². The molecule has 0 aliphatic heterocycles. The lowest BCUT2D eigenvalue weighted by Crippen LogP contribution is -2.04. The molecule has 1 rings (SSSR count). The normalized spacial score (nSPS) is 10.9. The predicted molar refractivity (Wildman–Crippen MR) is 55.7 cm³/mol. The van der Waals surface area contributed by atoms with Crippen LogP contribution in [0.2, 0.25) is 0 Å². The first-order valence-electron chi connectivity index (χ1n) is 4.40. The van der Waals surface area contributed by atoms with Crippen LogP contribution in [-0.2, 0) is 4.79 Å². The minimum absolute atomic E-state index is 0.0587. The fraction of sp³-hybridized carbons (Fsp3) is 0.556. The average molecular weight is 214 g/mol. The van der Waals surface area contributed by atoms with Gasteiger partial charge in [-0.3, -0.25) is 4.79 Å². The van der Waals surface area contributed by atoms with E-state index in [4.69, 9.17) is 5.11 Å². The molecule has 4 nitrogen and oxygen atoms in total. The first-order valence-corrected chi connectivity index (χ1v) is 5.39. The molecule has 1 heterocycles. The summed E-state index contributed by atoms with van der Waals surface area (Å²) in [7, 11) is 0. The molecule has 5 heteroatoms. The van der Waals surface area contributed by atoms with E-state index in [1.165, 1.54) is 11.8 Å². The van der Waals surface area contributed by atoms with Gasteiger partial charge in [0.2, 0.25) is 0 Å². The van der Waals surface area contributed by atoms with E-state index in [9.17, 15) is 4.79 Å². The van der Waals surface area contributed by atoms with Crippen molar-refractivity contribution in [1.29, 1.82) is 0 Å². The number of carboxylic acids is 1. The number of aryl methyl sites for hydroxylation is 1. The zero-order valence-electron chi connectivity index (χ0n) is 8.52. The smallest absolute Gasteiger partial charge is 0.313 e. The van der Waals surface area contributed by atoms with Gasteiger partial charge in [-0.1, -0.05) is 11.8 Å². The van der Waals surface area contributed by atoms with E-state index in [2.05, 4.69) is 4.98 Å². The Bertz CT molecular complexity index is 334. The zero-order valence-corrected chi connectivity index (χ0v) is 9.34. The molecule has 0 unspecified atom stereocenters. The standard InChI is InChI=1S/C9H14N2O2S/c1-6(2)11-4-7(3)10-9(11)14-5-8(12)13/h4,6H,5H2,1-3H3,(H,12,13). The van der Waals surface area contributed by atoms with Crippen LogP contribution in [0.4, 0.5) is 0 Å². The Balaban J connectivity index is 2.79. The highest BCUT2D eigenvalue weighted by Crippen LogP contribution is 2.21. The van der Waals surface area contributed by atoms with Crippen molar-refractivity contribution in [3.63, 3.8) is 0 Å². The number of thioether (sulfide) groups is 1. The third-order valence-corrected chi connectivity index (χ3v) is 2.65. The molecule has 0 aliphatic rings. The molecule has 1 aromatic rings. The number of hydrogen-bond acceptors (Lipinski definition) is 3. The van der Waals surface area contributed by atoms with E-state index in [0.717, 1.165) is 10.9 Å². The van der Waals surface area contributed by atoms with Crippen LogP contribution in [0.3, 0.4) is 0 Å². The van der Waals surface area contributed by atoms with E-state index in [-0.39, 0.29) is 5.75 Å². The number of aromatic nitrogens is 2. The number of aliphatic carboxylic acids is 1. The summed E-state index contributed by atoms with van der Waals surface area (Å²) in [4.78, 5) is 14.7. The van der Waals surface area contributed by atoms with Crippen molar-refractivity contribution in [2.45, 2.75) is 32.0 Å². The second kappa shape index (κ2) is 4.50. The molecule has 0 spiro atoms. The highest BCUT2D eigenvalue weighted by Gasteiger charge is 2.10. The highest BCUT2D eigenvalue weighted by atomic mass is 32.2. The molecule has 0 saturated carbocycles. The van der Waals surface area contributed by atoms with Crippen molar-refractivity contribution in [3.05, 3.63) is 11.9 Å². The molecule has 1 aromatic heterocycles. The van der Waals surface area contributed by atoms with Gasteiger partial charge in [0, 0.05) is 12.2 Å². The number of carbonyl (C=O) groups is 1. The van der Waals surface area contributed by atoms with Crippen LogP contribution in [0.1, 0.15) is 25.6 Å². The van der Waals surface area contributed by atoms with E-state index < -0.39 is 5.97 Å². The topological polar surface area (TPSA) is 55.1 Å². The quantitative estimate of drug-likeness (QED) is 0.778. The van der Waals surface area contributed by atoms with Gasteiger partial charge in [-0.25, -0.2) is 4.98 Å². The van der Waals surface area contributed by atoms with E-state index in [1.807, 2.05) is 31.5 Å². The Hall–Kier alpha value is -0.970. The summed E-state index contributed by atoms with van der Waals surface area (Å²) in [5.74, 6) is -0.755. The van der Waals surface area contributed by atoms with Gasteiger partial charge in [0.25, 0.3) is 0 Å². The lowest BCUT2D eigenvalue weighted by atomic mass is 10.4. The van der Waals surface area contributed by atoms with Gasteiger partial charge >= 0.3 is 5.97 Å². The van der Waals surface area contributed by atoms with Gasteiger partial charge in [0.1, 0.15) is 0 Å². The summed E-state index contributed by atoms with van der Waals surface area (Å²) in [5.41, 5.74) is 0.923. The molecule has 0 atom stereocenters. The first kappa shape index (κ1) is 11.1. The molecule has 14 heavy (non-hydrogen) atoms. The number of imidazole rings is 1. The van der Waals surface area contributed by atoms with Crippen LogP contribution in [0.25, 0.3) is 0 Å². The second-order valence-corrected chi connectivity index (χ2v) is 4.29. The molecule has 0 radical (unpaired) electrons. The average Bonchev–Trinajstić information content (AvgIpc) is 2.43. The minimum Gasteiger partial charge on any atom is -0.481 e. The summed E-state index contributed by atoms with van der Waals surface area (Å²) in [5, 5.41) is 9.33. The van der Waals surface area contributed by atoms with Gasteiger partial charge in [0.15, 0.2) is 5.16 Å². The fourth-order valence-corrected chi connectivity index (χ4v) is 1.97.